The zero-order chi connectivity index (χ0) is 22.9. The van der Waals surface area contributed by atoms with Crippen LogP contribution in [0.3, 0.4) is 0 Å². The lowest BCUT2D eigenvalue weighted by Gasteiger charge is -2.39. The number of rotatable bonds is 5. The van der Waals surface area contributed by atoms with Crippen molar-refractivity contribution < 1.29 is 9.59 Å². The summed E-state index contributed by atoms with van der Waals surface area (Å²) < 4.78 is 0. The number of nitrogens with zero attached hydrogens (tertiary/aromatic N) is 1. The molecule has 32 heavy (non-hydrogen) atoms. The third-order valence-corrected chi connectivity index (χ3v) is 7.04. The number of Topliss-reactive ketones (excluding diaryl/α,β-unsaturated/α-hetero) is 2. The van der Waals surface area contributed by atoms with Crippen molar-refractivity contribution in [1.82, 2.24) is 5.32 Å². The van der Waals surface area contributed by atoms with E-state index in [-0.39, 0.29) is 22.7 Å². The van der Waals surface area contributed by atoms with Crippen molar-refractivity contribution in [2.24, 2.45) is 5.41 Å². The van der Waals surface area contributed by atoms with Crippen molar-refractivity contribution >= 4 is 34.9 Å². The van der Waals surface area contributed by atoms with Gasteiger partial charge in [-0.1, -0.05) is 79.7 Å². The SMILES string of the molecule is CC1(C)CC(=O)C2=C(C1)NC(SCC(=O)c1ccccc1)=C(C#N)[C@H]2c1ccc(Cl)cc1. The molecular weight excluding hydrogens is 440 g/mol. The van der Waals surface area contributed by atoms with Crippen LogP contribution in [0.25, 0.3) is 0 Å². The maximum atomic E-state index is 13.2. The van der Waals surface area contributed by atoms with E-state index in [1.54, 1.807) is 24.3 Å². The van der Waals surface area contributed by atoms with Crippen LogP contribution in [-0.2, 0) is 4.79 Å². The molecule has 1 atom stereocenters. The first-order valence-corrected chi connectivity index (χ1v) is 11.8. The number of allylic oxidation sites excluding steroid dienone is 3. The third kappa shape index (κ3) is 4.53. The Morgan fingerprint density at radius 1 is 1.16 bits per heavy atom. The molecule has 0 aromatic heterocycles. The maximum absolute atomic E-state index is 13.2. The Morgan fingerprint density at radius 3 is 2.50 bits per heavy atom. The fourth-order valence-corrected chi connectivity index (χ4v) is 5.41. The summed E-state index contributed by atoms with van der Waals surface area (Å²) in [5.41, 5.74) is 3.28. The third-order valence-electron chi connectivity index (χ3n) is 5.77. The molecule has 1 aliphatic carbocycles. The number of carbonyl (C=O) groups excluding carboxylic acids is 2. The lowest BCUT2D eigenvalue weighted by molar-refractivity contribution is -0.118. The van der Waals surface area contributed by atoms with Crippen molar-refractivity contribution in [2.45, 2.75) is 32.6 Å². The van der Waals surface area contributed by atoms with E-state index in [1.807, 2.05) is 30.3 Å². The first-order chi connectivity index (χ1) is 15.3. The predicted octanol–water partition coefficient (Wildman–Crippen LogP) is 6.02. The largest absolute Gasteiger partial charge is 0.352 e. The van der Waals surface area contributed by atoms with E-state index in [2.05, 4.69) is 25.2 Å². The fraction of sp³-hybridized carbons (Fsp3) is 0.269. The van der Waals surface area contributed by atoms with Crippen LogP contribution in [0, 0.1) is 16.7 Å². The molecule has 0 bridgehead atoms. The Balaban J connectivity index is 1.73. The van der Waals surface area contributed by atoms with Crippen LogP contribution in [0.1, 0.15) is 48.5 Å². The summed E-state index contributed by atoms with van der Waals surface area (Å²) in [4.78, 5) is 25.9. The molecule has 1 N–H and O–H groups in total. The van der Waals surface area contributed by atoms with Crippen LogP contribution in [-0.4, -0.2) is 17.3 Å². The van der Waals surface area contributed by atoms with E-state index in [1.165, 1.54) is 11.8 Å². The molecule has 4 nitrogen and oxygen atoms in total. The highest BCUT2D eigenvalue weighted by molar-refractivity contribution is 8.03. The minimum atomic E-state index is -0.466. The van der Waals surface area contributed by atoms with Crippen LogP contribution < -0.4 is 5.32 Å². The lowest BCUT2D eigenvalue weighted by Crippen LogP contribution is -2.37. The molecule has 162 valence electrons. The molecule has 0 saturated carbocycles. The summed E-state index contributed by atoms with van der Waals surface area (Å²) in [6, 6.07) is 18.7. The van der Waals surface area contributed by atoms with Crippen molar-refractivity contribution in [3.63, 3.8) is 0 Å². The summed E-state index contributed by atoms with van der Waals surface area (Å²) >= 11 is 7.40. The number of carbonyl (C=O) groups is 2. The summed E-state index contributed by atoms with van der Waals surface area (Å²) in [7, 11) is 0. The van der Waals surface area contributed by atoms with Gasteiger partial charge in [0.1, 0.15) is 0 Å². The van der Waals surface area contributed by atoms with Gasteiger partial charge in [0.15, 0.2) is 11.6 Å². The number of halogens is 1. The van der Waals surface area contributed by atoms with E-state index in [9.17, 15) is 14.9 Å². The summed E-state index contributed by atoms with van der Waals surface area (Å²) in [5, 5.41) is 14.7. The zero-order valence-electron chi connectivity index (χ0n) is 17.9. The van der Waals surface area contributed by atoms with Gasteiger partial charge in [0.05, 0.1) is 28.3 Å². The smallest absolute Gasteiger partial charge is 0.173 e. The van der Waals surface area contributed by atoms with Crippen molar-refractivity contribution in [3.8, 4) is 6.07 Å². The highest BCUT2D eigenvalue weighted by Crippen LogP contribution is 2.48. The van der Waals surface area contributed by atoms with E-state index in [4.69, 9.17) is 11.6 Å². The second-order valence-electron chi connectivity index (χ2n) is 8.88. The molecule has 0 spiro atoms. The average molecular weight is 463 g/mol. The molecular formula is C26H23ClN2O2S. The van der Waals surface area contributed by atoms with Crippen molar-refractivity contribution in [3.05, 3.63) is 92.6 Å². The van der Waals surface area contributed by atoms with Gasteiger partial charge in [-0.25, -0.2) is 0 Å². The number of ketones is 2. The van der Waals surface area contributed by atoms with Gasteiger partial charge in [-0.15, -0.1) is 0 Å². The Bertz CT molecular complexity index is 1170. The Labute approximate surface area is 197 Å². The Kier molecular flexibility index (Phi) is 6.28. The van der Waals surface area contributed by atoms with E-state index < -0.39 is 5.92 Å². The molecule has 0 radical (unpaired) electrons. The van der Waals surface area contributed by atoms with Crippen LogP contribution in [0.5, 0.6) is 0 Å². The Hall–Kier alpha value is -2.81. The van der Waals surface area contributed by atoms with Gasteiger partial charge in [0, 0.05) is 28.3 Å². The molecule has 0 saturated heterocycles. The van der Waals surface area contributed by atoms with E-state index >= 15 is 0 Å². The minimum absolute atomic E-state index is 0.00920. The molecule has 2 aromatic carbocycles. The van der Waals surface area contributed by atoms with Gasteiger partial charge in [-0.3, -0.25) is 9.59 Å². The van der Waals surface area contributed by atoms with E-state index in [0.717, 1.165) is 11.3 Å². The number of hydrogen-bond acceptors (Lipinski definition) is 5. The molecule has 6 heteroatoms. The lowest BCUT2D eigenvalue weighted by atomic mass is 9.69. The molecule has 2 aliphatic rings. The zero-order valence-corrected chi connectivity index (χ0v) is 19.5. The first-order valence-electron chi connectivity index (χ1n) is 10.4. The van der Waals surface area contributed by atoms with Crippen molar-refractivity contribution in [2.75, 3.05) is 5.75 Å². The molecule has 0 fully saturated rings. The number of nitriles is 1. The van der Waals surface area contributed by atoms with Crippen LogP contribution >= 0.6 is 23.4 Å². The van der Waals surface area contributed by atoms with Gasteiger partial charge >= 0.3 is 0 Å². The first kappa shape index (κ1) is 22.4. The van der Waals surface area contributed by atoms with Crippen molar-refractivity contribution in [1.29, 1.82) is 5.26 Å². The van der Waals surface area contributed by atoms with Crippen LogP contribution in [0.4, 0.5) is 0 Å². The second kappa shape index (κ2) is 8.97. The average Bonchev–Trinajstić information content (AvgIpc) is 2.76. The normalized spacial score (nSPS) is 19.8. The predicted molar refractivity (Wildman–Crippen MR) is 128 cm³/mol. The highest BCUT2D eigenvalue weighted by Gasteiger charge is 2.41. The fourth-order valence-electron chi connectivity index (χ4n) is 4.32. The van der Waals surface area contributed by atoms with Gasteiger partial charge in [-0.05, 0) is 29.5 Å². The summed E-state index contributed by atoms with van der Waals surface area (Å²) in [6.45, 7) is 4.14. The van der Waals surface area contributed by atoms with Gasteiger partial charge < -0.3 is 5.32 Å². The summed E-state index contributed by atoms with van der Waals surface area (Å²) in [5.74, 6) is -0.220. The molecule has 4 rings (SSSR count). The minimum Gasteiger partial charge on any atom is -0.352 e. The Morgan fingerprint density at radius 2 is 1.84 bits per heavy atom. The molecule has 2 aromatic rings. The summed E-state index contributed by atoms with van der Waals surface area (Å²) in [6.07, 6.45) is 1.14. The number of benzene rings is 2. The number of nitrogens with one attached hydrogen (secondary N) is 1. The number of hydrogen-bond donors (Lipinski definition) is 1. The molecule has 0 unspecified atom stereocenters. The molecule has 0 amide bonds. The topological polar surface area (TPSA) is 70.0 Å². The van der Waals surface area contributed by atoms with Crippen LogP contribution in [0.15, 0.2) is 76.5 Å². The number of thioether (sulfide) groups is 1. The van der Waals surface area contributed by atoms with Gasteiger partial charge in [0.25, 0.3) is 0 Å². The monoisotopic (exact) mass is 462 g/mol. The van der Waals surface area contributed by atoms with E-state index in [0.29, 0.717) is 39.6 Å². The quantitative estimate of drug-likeness (QED) is 0.550. The van der Waals surface area contributed by atoms with Gasteiger partial charge in [0.2, 0.25) is 0 Å². The second-order valence-corrected chi connectivity index (χ2v) is 10.3. The molecule has 1 aliphatic heterocycles. The maximum Gasteiger partial charge on any atom is 0.173 e. The van der Waals surface area contributed by atoms with Crippen LogP contribution in [0.2, 0.25) is 5.02 Å². The standard InChI is InChI=1S/C26H23ClN2O2S/c1-26(2)12-20-24(21(30)13-26)23(17-8-10-18(27)11-9-17)19(14-28)25(29-20)32-15-22(31)16-6-4-3-5-7-16/h3-11,23,29H,12-13,15H2,1-2H3/t23-/m1/s1. The molecule has 1 heterocycles. The highest BCUT2D eigenvalue weighted by atomic mass is 35.5. The number of dihydropyridines is 1. The van der Waals surface area contributed by atoms with Gasteiger partial charge in [-0.2, -0.15) is 5.26 Å².